The molecule has 0 unspecified atom stereocenters. The summed E-state index contributed by atoms with van der Waals surface area (Å²) in [4.78, 5) is 34.7. The first-order valence-electron chi connectivity index (χ1n) is 2.95. The van der Waals surface area contributed by atoms with Crippen molar-refractivity contribution < 1.29 is 36.5 Å². The van der Waals surface area contributed by atoms with Gasteiger partial charge in [0.15, 0.2) is 0 Å². The number of rotatable bonds is 0. The molecule has 0 spiro atoms. The van der Waals surface area contributed by atoms with Gasteiger partial charge >= 0.3 is 27.0 Å². The molecule has 0 aliphatic carbocycles. The van der Waals surface area contributed by atoms with Gasteiger partial charge in [-0.2, -0.15) is 27.7 Å². The van der Waals surface area contributed by atoms with Crippen LogP contribution >= 0.6 is 9.69 Å². The second kappa shape index (κ2) is 131. The summed E-state index contributed by atoms with van der Waals surface area (Å²) < 4.78 is 0. The molecule has 0 rings (SSSR count). The number of hydrogen-bond acceptors (Lipinski definition) is 4. The molecule has 0 aromatic carbocycles. The fourth-order valence-corrected chi connectivity index (χ4v) is 0. The minimum atomic E-state index is 1.32. The van der Waals surface area contributed by atoms with Gasteiger partial charge in [0, 0.05) is 0 Å². The monoisotopic (exact) mass is 309 g/mol. The summed E-state index contributed by atoms with van der Waals surface area (Å²) in [6.07, 6.45) is 6.00. The first-order valence-corrected chi connectivity index (χ1v) is 5.19. The van der Waals surface area contributed by atoms with E-state index < -0.39 is 0 Å². The van der Waals surface area contributed by atoms with Crippen LogP contribution in [0.4, 0.5) is 0 Å². The van der Waals surface area contributed by atoms with Gasteiger partial charge in [-0.05, 0) is 0 Å². The van der Waals surface area contributed by atoms with Crippen LogP contribution in [0, 0.1) is 0 Å². The zero-order valence-electron chi connectivity index (χ0n) is 8.36. The molecule has 14 heavy (non-hydrogen) atoms. The molecular weight excluding hydrogens is 297 g/mol. The van der Waals surface area contributed by atoms with E-state index in [-0.39, 0.29) is 0 Å². The molecule has 0 saturated carbocycles. The predicted octanol–water partition coefficient (Wildman–Crippen LogP) is 1.15. The summed E-state index contributed by atoms with van der Waals surface area (Å²) in [7, 11) is 4.57. The number of carbonyl (C=O) groups excluding carboxylic acids is 4. The second-order valence-corrected chi connectivity index (χ2v) is 0.816. The molecule has 0 aliphatic heterocycles. The van der Waals surface area contributed by atoms with Gasteiger partial charge in [0.05, 0.1) is 0 Å². The van der Waals surface area contributed by atoms with Crippen molar-refractivity contribution in [3.8, 4) is 0 Å². The van der Waals surface area contributed by atoms with E-state index in [0.29, 0.717) is 0 Å². The van der Waals surface area contributed by atoms with E-state index >= 15 is 0 Å². The van der Waals surface area contributed by atoms with E-state index in [4.69, 9.17) is 19.2 Å². The first kappa shape index (κ1) is 29.2. The van der Waals surface area contributed by atoms with Crippen molar-refractivity contribution in [1.29, 1.82) is 0 Å². The van der Waals surface area contributed by atoms with Crippen LogP contribution in [-0.2, 0) is 36.5 Å². The van der Waals surface area contributed by atoms with Gasteiger partial charge in [0.25, 0.3) is 0 Å². The third-order valence-corrected chi connectivity index (χ3v) is 0. The normalized spacial score (nSPS) is 4.14. The Hall–Kier alpha value is -0.407. The molecule has 0 heterocycles. The minimum absolute atomic E-state index is 1.32. The van der Waals surface area contributed by atoms with Gasteiger partial charge in [-0.1, -0.05) is 0 Å². The van der Waals surface area contributed by atoms with E-state index in [0.717, 1.165) is 0 Å². The third kappa shape index (κ3) is 7870. The van der Waals surface area contributed by atoms with E-state index in [1.54, 1.807) is 0 Å². The van der Waals surface area contributed by atoms with Crippen LogP contribution in [0.5, 0.6) is 0 Å². The average molecular weight is 309 g/mol. The van der Waals surface area contributed by atoms with E-state index in [9.17, 15) is 0 Å². The van der Waals surface area contributed by atoms with Crippen molar-refractivity contribution in [2.75, 3.05) is 0 Å². The van der Waals surface area contributed by atoms with Crippen LogP contribution in [0.25, 0.3) is 0 Å². The molecule has 0 aliphatic rings. The summed E-state index contributed by atoms with van der Waals surface area (Å²) in [5.74, 6) is 0. The molecule has 87 valence electrons. The summed E-state index contributed by atoms with van der Waals surface area (Å²) in [6, 6.07) is 0. The van der Waals surface area contributed by atoms with Gasteiger partial charge < -0.3 is 19.2 Å². The Morgan fingerprint density at radius 2 is 0.643 bits per heavy atom. The molecule has 0 bridgehead atoms. The number of hydrogen-bond donors (Lipinski definition) is 0. The summed E-state index contributed by atoms with van der Waals surface area (Å²) >= 11 is 1.82. The Kier molecular flexibility index (Phi) is 273. The van der Waals surface area contributed by atoms with Crippen molar-refractivity contribution in [2.24, 2.45) is 0 Å². The van der Waals surface area contributed by atoms with E-state index in [1.165, 1.54) is 52.8 Å². The van der Waals surface area contributed by atoms with Crippen molar-refractivity contribution in [3.63, 3.8) is 0 Å². The topological polar surface area (TPSA) is 68.3 Å². The maximum atomic E-state index is 8.68. The van der Waals surface area contributed by atoms with Crippen molar-refractivity contribution in [3.05, 3.63) is 0 Å². The third-order valence-electron chi connectivity index (χ3n) is 0. The zero-order chi connectivity index (χ0) is 12.8. The molecule has 0 aromatic heterocycles. The Balaban J connectivity index is -0.0000000243. The van der Waals surface area contributed by atoms with Crippen LogP contribution in [-0.4, -0.2) is 25.1 Å². The average Bonchev–Trinajstić information content (AvgIpc) is 2.12. The Bertz CT molecular complexity index is 75.3. The SMILES string of the molecule is C[C-]=O.C[C-]=O.C[C-]=O.C[C-]=O.[Cl][Ru]. The Morgan fingerprint density at radius 3 is 0.643 bits per heavy atom. The first-order chi connectivity index (χ1) is 6.66. The van der Waals surface area contributed by atoms with Crippen LogP contribution in [0.1, 0.15) is 27.7 Å². The summed E-state index contributed by atoms with van der Waals surface area (Å²) in [5, 5.41) is 0. The van der Waals surface area contributed by atoms with Crippen molar-refractivity contribution in [2.45, 2.75) is 27.7 Å². The van der Waals surface area contributed by atoms with Gasteiger partial charge in [0.1, 0.15) is 0 Å². The van der Waals surface area contributed by atoms with Gasteiger partial charge in [-0.15, -0.1) is 0 Å². The molecule has 6 heteroatoms. The Morgan fingerprint density at radius 1 is 0.643 bits per heavy atom. The molecule has 0 radical (unpaired) electrons. The summed E-state index contributed by atoms with van der Waals surface area (Å²) in [5.41, 5.74) is 0. The fraction of sp³-hybridized carbons (Fsp3) is 0.500. The summed E-state index contributed by atoms with van der Waals surface area (Å²) in [6.45, 7) is 5.28. The van der Waals surface area contributed by atoms with Crippen molar-refractivity contribution in [1.82, 2.24) is 0 Å². The maximum absolute atomic E-state index is 8.68. The van der Waals surface area contributed by atoms with E-state index in [2.05, 4.69) is 9.69 Å². The standard InChI is InChI=1S/4C2H3O.ClH.Ru/c4*1-2-3;;/h4*1H3;1H;/q4*-1;;+1/p-1. The molecule has 0 saturated heterocycles. The second-order valence-electron chi connectivity index (χ2n) is 0.816. The predicted molar refractivity (Wildman–Crippen MR) is 51.3 cm³/mol. The van der Waals surface area contributed by atoms with Gasteiger partial charge in [-0.25, -0.2) is 0 Å². The van der Waals surface area contributed by atoms with E-state index in [1.807, 2.05) is 17.3 Å². The molecule has 0 N–H and O–H groups in total. The molecule has 0 amide bonds. The molecule has 0 atom stereocenters. The molecule has 0 fully saturated rings. The zero-order valence-corrected chi connectivity index (χ0v) is 10.9. The quantitative estimate of drug-likeness (QED) is 0.497. The van der Waals surface area contributed by atoms with Crippen LogP contribution in [0.15, 0.2) is 0 Å². The fourth-order valence-electron chi connectivity index (χ4n) is 0. The van der Waals surface area contributed by atoms with Crippen LogP contribution in [0.2, 0.25) is 0 Å². The molecule has 4 nitrogen and oxygen atoms in total. The number of halogens is 1. The molecule has 0 aromatic rings. The van der Waals surface area contributed by atoms with Crippen LogP contribution < -0.4 is 0 Å². The van der Waals surface area contributed by atoms with Gasteiger partial charge in [-0.3, -0.25) is 25.1 Å². The Labute approximate surface area is 99.1 Å². The van der Waals surface area contributed by atoms with Gasteiger partial charge in [0.2, 0.25) is 0 Å². The molecular formula is C8H12ClO4Ru-4. The van der Waals surface area contributed by atoms with Crippen LogP contribution in [0.3, 0.4) is 0 Å². The van der Waals surface area contributed by atoms with Crippen molar-refractivity contribution >= 4 is 34.8 Å².